The molecule has 0 fully saturated rings. The second-order valence-corrected chi connectivity index (χ2v) is 5.03. The van der Waals surface area contributed by atoms with Gasteiger partial charge in [0.25, 0.3) is 5.91 Å². The Balaban J connectivity index is 2.11. The van der Waals surface area contributed by atoms with Crippen molar-refractivity contribution in [2.75, 3.05) is 12.4 Å². The lowest BCUT2D eigenvalue weighted by molar-refractivity contribution is -0.115. The molecule has 2 rings (SSSR count). The van der Waals surface area contributed by atoms with Gasteiger partial charge in [0, 0.05) is 22.3 Å². The van der Waals surface area contributed by atoms with Gasteiger partial charge in [-0.3, -0.25) is 9.59 Å². The molecule has 0 radical (unpaired) electrons. The maximum atomic E-state index is 12.0. The van der Waals surface area contributed by atoms with Crippen LogP contribution in [0.5, 0.6) is 5.75 Å². The van der Waals surface area contributed by atoms with Crippen LogP contribution in [0.1, 0.15) is 10.4 Å². The lowest BCUT2D eigenvalue weighted by Gasteiger charge is -2.05. The number of aliphatic hydroxyl groups is 1. The topological polar surface area (TPSA) is 75.6 Å². The van der Waals surface area contributed by atoms with Gasteiger partial charge < -0.3 is 15.2 Å². The van der Waals surface area contributed by atoms with Crippen molar-refractivity contribution >= 4 is 29.0 Å². The monoisotopic (exact) mass is 331 g/mol. The summed E-state index contributed by atoms with van der Waals surface area (Å²) in [5.41, 5.74) is 0.711. The van der Waals surface area contributed by atoms with Crippen molar-refractivity contribution in [1.82, 2.24) is 0 Å². The van der Waals surface area contributed by atoms with Gasteiger partial charge >= 0.3 is 0 Å². The molecule has 0 bridgehead atoms. The molecule has 0 saturated carbocycles. The predicted molar refractivity (Wildman–Crippen MR) is 88.1 cm³/mol. The van der Waals surface area contributed by atoms with Gasteiger partial charge in [0.1, 0.15) is 5.75 Å². The van der Waals surface area contributed by atoms with E-state index in [1.54, 1.807) is 36.4 Å². The molecule has 2 aromatic carbocycles. The molecule has 5 nitrogen and oxygen atoms in total. The van der Waals surface area contributed by atoms with E-state index in [0.717, 1.165) is 6.08 Å². The Kier molecular flexibility index (Phi) is 5.38. The molecule has 0 unspecified atom stereocenters. The molecule has 2 aromatic rings. The Bertz CT molecular complexity index is 771. The quantitative estimate of drug-likeness (QED) is 0.498. The highest BCUT2D eigenvalue weighted by atomic mass is 35.5. The van der Waals surface area contributed by atoms with E-state index in [-0.39, 0.29) is 0 Å². The number of hydrogen-bond donors (Lipinski definition) is 2. The standard InChI is InChI=1S/C17H14ClNO4/c1-23-14-7-2-4-11(8-14)15(20)10-16(21)17(22)19-13-6-3-5-12(18)9-13/h2-10,21H,1H3,(H,19,22)/b16-10-. The summed E-state index contributed by atoms with van der Waals surface area (Å²) in [6, 6.07) is 12.8. The van der Waals surface area contributed by atoms with E-state index in [1.165, 1.54) is 19.2 Å². The molecule has 6 heteroatoms. The number of benzene rings is 2. The van der Waals surface area contributed by atoms with Crippen molar-refractivity contribution in [3.63, 3.8) is 0 Å². The minimum atomic E-state index is -0.802. The molecule has 0 aromatic heterocycles. The summed E-state index contributed by atoms with van der Waals surface area (Å²) in [7, 11) is 1.48. The number of methoxy groups -OCH3 is 1. The first-order chi connectivity index (χ1) is 11.0. The van der Waals surface area contributed by atoms with Crippen LogP contribution in [0.25, 0.3) is 0 Å². The van der Waals surface area contributed by atoms with E-state index in [4.69, 9.17) is 16.3 Å². The van der Waals surface area contributed by atoms with E-state index in [0.29, 0.717) is 22.0 Å². The van der Waals surface area contributed by atoms with Crippen molar-refractivity contribution in [2.45, 2.75) is 0 Å². The van der Waals surface area contributed by atoms with Crippen molar-refractivity contribution < 1.29 is 19.4 Å². The van der Waals surface area contributed by atoms with Crippen LogP contribution in [-0.4, -0.2) is 23.9 Å². The summed E-state index contributed by atoms with van der Waals surface area (Å²) in [6.07, 6.45) is 0.856. The molecule has 0 spiro atoms. The number of hydrogen-bond acceptors (Lipinski definition) is 4. The maximum absolute atomic E-state index is 12.0. The van der Waals surface area contributed by atoms with Gasteiger partial charge in [-0.1, -0.05) is 29.8 Å². The van der Waals surface area contributed by atoms with Crippen LogP contribution in [-0.2, 0) is 4.79 Å². The summed E-state index contributed by atoms with van der Waals surface area (Å²) in [6.45, 7) is 0. The molecule has 0 aliphatic carbocycles. The van der Waals surface area contributed by atoms with Crippen molar-refractivity contribution in [2.24, 2.45) is 0 Å². The highest BCUT2D eigenvalue weighted by molar-refractivity contribution is 6.31. The molecule has 0 aliphatic rings. The molecule has 0 atom stereocenters. The zero-order valence-electron chi connectivity index (χ0n) is 12.2. The number of rotatable bonds is 5. The Hall–Kier alpha value is -2.79. The third-order valence-electron chi connectivity index (χ3n) is 2.94. The average Bonchev–Trinajstić information content (AvgIpc) is 2.54. The van der Waals surface area contributed by atoms with Crippen LogP contribution in [0.15, 0.2) is 60.4 Å². The van der Waals surface area contributed by atoms with Crippen molar-refractivity contribution in [3.8, 4) is 5.75 Å². The minimum Gasteiger partial charge on any atom is -0.503 e. The summed E-state index contributed by atoms with van der Waals surface area (Å²) in [5.74, 6) is -1.50. The number of anilines is 1. The summed E-state index contributed by atoms with van der Waals surface area (Å²) < 4.78 is 5.02. The Morgan fingerprint density at radius 3 is 2.61 bits per heavy atom. The number of nitrogens with one attached hydrogen (secondary N) is 1. The van der Waals surface area contributed by atoms with Crippen LogP contribution < -0.4 is 10.1 Å². The number of carbonyl (C=O) groups is 2. The zero-order valence-corrected chi connectivity index (χ0v) is 13.0. The fourth-order valence-electron chi connectivity index (χ4n) is 1.81. The Labute approximate surface area is 138 Å². The predicted octanol–water partition coefficient (Wildman–Crippen LogP) is 3.61. The van der Waals surface area contributed by atoms with E-state index in [1.807, 2.05) is 0 Å². The second kappa shape index (κ2) is 7.47. The molecule has 0 heterocycles. The number of ether oxygens (including phenoxy) is 1. The van der Waals surface area contributed by atoms with Crippen LogP contribution in [0, 0.1) is 0 Å². The third kappa shape index (κ3) is 4.59. The minimum absolute atomic E-state index is 0.298. The lowest BCUT2D eigenvalue weighted by Crippen LogP contribution is -2.15. The Morgan fingerprint density at radius 2 is 1.91 bits per heavy atom. The molecule has 0 aliphatic heterocycles. The van der Waals surface area contributed by atoms with Gasteiger partial charge in [-0.05, 0) is 30.3 Å². The van der Waals surface area contributed by atoms with Crippen LogP contribution in [0.4, 0.5) is 5.69 Å². The first-order valence-electron chi connectivity index (χ1n) is 6.65. The van der Waals surface area contributed by atoms with Crippen LogP contribution in [0.2, 0.25) is 5.02 Å². The van der Waals surface area contributed by atoms with Gasteiger partial charge in [-0.2, -0.15) is 0 Å². The number of halogens is 1. The van der Waals surface area contributed by atoms with E-state index in [2.05, 4.69) is 5.32 Å². The Morgan fingerprint density at radius 1 is 1.17 bits per heavy atom. The van der Waals surface area contributed by atoms with Gasteiger partial charge in [0.2, 0.25) is 0 Å². The first kappa shape index (κ1) is 16.6. The third-order valence-corrected chi connectivity index (χ3v) is 3.17. The molecule has 1 amide bonds. The van der Waals surface area contributed by atoms with Gasteiger partial charge in [-0.25, -0.2) is 0 Å². The fourth-order valence-corrected chi connectivity index (χ4v) is 2.00. The SMILES string of the molecule is COc1cccc(C(=O)/C=C(\O)C(=O)Nc2cccc(Cl)c2)c1. The van der Waals surface area contributed by atoms with Crippen LogP contribution >= 0.6 is 11.6 Å². The first-order valence-corrected chi connectivity index (χ1v) is 7.03. The molecular formula is C17H14ClNO4. The number of carbonyl (C=O) groups excluding carboxylic acids is 2. The largest absolute Gasteiger partial charge is 0.503 e. The molecule has 23 heavy (non-hydrogen) atoms. The number of allylic oxidation sites excluding steroid dienone is 1. The number of aliphatic hydroxyl groups excluding tert-OH is 1. The molecule has 0 saturated heterocycles. The maximum Gasteiger partial charge on any atom is 0.290 e. The van der Waals surface area contributed by atoms with Gasteiger partial charge in [-0.15, -0.1) is 0 Å². The van der Waals surface area contributed by atoms with Crippen molar-refractivity contribution in [3.05, 3.63) is 71.0 Å². The second-order valence-electron chi connectivity index (χ2n) is 4.59. The summed E-state index contributed by atoms with van der Waals surface area (Å²) in [5, 5.41) is 12.7. The number of amides is 1. The van der Waals surface area contributed by atoms with Gasteiger partial charge in [0.15, 0.2) is 11.5 Å². The normalized spacial score (nSPS) is 11.0. The molecular weight excluding hydrogens is 318 g/mol. The average molecular weight is 332 g/mol. The van der Waals surface area contributed by atoms with E-state index < -0.39 is 17.4 Å². The van der Waals surface area contributed by atoms with Crippen LogP contribution in [0.3, 0.4) is 0 Å². The van der Waals surface area contributed by atoms with Crippen molar-refractivity contribution in [1.29, 1.82) is 0 Å². The fraction of sp³-hybridized carbons (Fsp3) is 0.0588. The highest BCUT2D eigenvalue weighted by Gasteiger charge is 2.12. The number of ketones is 1. The van der Waals surface area contributed by atoms with E-state index >= 15 is 0 Å². The zero-order chi connectivity index (χ0) is 16.8. The summed E-state index contributed by atoms with van der Waals surface area (Å²) in [4.78, 5) is 23.9. The van der Waals surface area contributed by atoms with Gasteiger partial charge in [0.05, 0.1) is 7.11 Å². The highest BCUT2D eigenvalue weighted by Crippen LogP contribution is 2.16. The summed E-state index contributed by atoms with van der Waals surface area (Å²) >= 11 is 5.81. The lowest BCUT2D eigenvalue weighted by atomic mass is 10.1. The van der Waals surface area contributed by atoms with E-state index in [9.17, 15) is 14.7 Å². The molecule has 2 N–H and O–H groups in total. The molecule has 118 valence electrons. The smallest absolute Gasteiger partial charge is 0.290 e.